The molecule has 5 heteroatoms. The molecule has 24 heavy (non-hydrogen) atoms. The Morgan fingerprint density at radius 3 is 2.46 bits per heavy atom. The summed E-state index contributed by atoms with van der Waals surface area (Å²) in [6.07, 6.45) is 2.22. The van der Waals surface area contributed by atoms with Gasteiger partial charge in [0.15, 0.2) is 0 Å². The van der Waals surface area contributed by atoms with Crippen LogP contribution in [0, 0.1) is 17.2 Å². The van der Waals surface area contributed by atoms with Crippen LogP contribution < -0.4 is 10.6 Å². The molecule has 2 amide bonds. The Labute approximate surface area is 140 Å². The summed E-state index contributed by atoms with van der Waals surface area (Å²) >= 11 is 0. The molecule has 0 aliphatic heterocycles. The Hall–Kier alpha value is -3.13. The van der Waals surface area contributed by atoms with Gasteiger partial charge in [0.1, 0.15) is 0 Å². The predicted octanol–water partition coefficient (Wildman–Crippen LogP) is 3.35. The molecule has 0 saturated heterocycles. The number of nitrogens with one attached hydrogen (secondary N) is 2. The van der Waals surface area contributed by atoms with Crippen LogP contribution in [0.4, 0.5) is 11.4 Å². The number of nitriles is 1. The largest absolute Gasteiger partial charge is 0.326 e. The first kappa shape index (κ1) is 15.8. The molecule has 0 aromatic heterocycles. The summed E-state index contributed by atoms with van der Waals surface area (Å²) in [5.74, 6) is -0.111. The van der Waals surface area contributed by atoms with Gasteiger partial charge in [0.25, 0.3) is 5.91 Å². The Balaban J connectivity index is 1.65. The summed E-state index contributed by atoms with van der Waals surface area (Å²) in [7, 11) is 0. The fraction of sp³-hybridized carbons (Fsp3) is 0.211. The predicted molar refractivity (Wildman–Crippen MR) is 91.5 cm³/mol. The number of nitrogens with zero attached hydrogens (tertiary/aromatic N) is 1. The van der Waals surface area contributed by atoms with Crippen molar-refractivity contribution in [2.45, 2.75) is 19.3 Å². The van der Waals surface area contributed by atoms with Gasteiger partial charge < -0.3 is 10.6 Å². The molecule has 2 aromatic carbocycles. The van der Waals surface area contributed by atoms with E-state index >= 15 is 0 Å². The maximum Gasteiger partial charge on any atom is 0.255 e. The molecule has 0 radical (unpaired) electrons. The van der Waals surface area contributed by atoms with Crippen LogP contribution in [0.1, 0.15) is 28.8 Å². The lowest BCUT2D eigenvalue weighted by Crippen LogP contribution is -2.15. The van der Waals surface area contributed by atoms with Gasteiger partial charge in [0.2, 0.25) is 5.91 Å². The fourth-order valence-corrected chi connectivity index (χ4v) is 2.33. The van der Waals surface area contributed by atoms with E-state index in [1.807, 2.05) is 12.1 Å². The highest BCUT2D eigenvalue weighted by Gasteiger charge is 2.29. The monoisotopic (exact) mass is 319 g/mol. The molecule has 1 fully saturated rings. The molecule has 5 nitrogen and oxygen atoms in total. The molecule has 0 bridgehead atoms. The zero-order valence-electron chi connectivity index (χ0n) is 13.1. The van der Waals surface area contributed by atoms with Gasteiger partial charge in [-0.15, -0.1) is 0 Å². The van der Waals surface area contributed by atoms with Gasteiger partial charge in [-0.1, -0.05) is 18.2 Å². The summed E-state index contributed by atoms with van der Waals surface area (Å²) < 4.78 is 0. The van der Waals surface area contributed by atoms with E-state index in [9.17, 15) is 9.59 Å². The van der Waals surface area contributed by atoms with Crippen LogP contribution in [0.2, 0.25) is 0 Å². The van der Waals surface area contributed by atoms with Gasteiger partial charge in [-0.2, -0.15) is 5.26 Å². The van der Waals surface area contributed by atoms with E-state index in [1.54, 1.807) is 36.4 Å². The number of carbonyl (C=O) groups is 2. The standard InChI is InChI=1S/C19H17N3O2/c20-11-10-13-4-8-16(9-5-13)21-19(24)15-2-1-3-17(12-15)22-18(23)14-6-7-14/h1-5,8-9,12,14H,6-7,10H2,(H,21,24)(H,22,23). The molecule has 1 aliphatic carbocycles. The minimum absolute atomic E-state index is 0.0145. The number of hydrogen-bond acceptors (Lipinski definition) is 3. The van der Waals surface area contributed by atoms with Crippen molar-refractivity contribution in [2.75, 3.05) is 10.6 Å². The normalized spacial score (nSPS) is 13.0. The van der Waals surface area contributed by atoms with E-state index in [2.05, 4.69) is 16.7 Å². The zero-order chi connectivity index (χ0) is 16.9. The molecule has 0 atom stereocenters. The summed E-state index contributed by atoms with van der Waals surface area (Å²) in [5.41, 5.74) is 2.67. The molecule has 2 aromatic rings. The van der Waals surface area contributed by atoms with Crippen LogP contribution in [0.3, 0.4) is 0 Å². The number of anilines is 2. The SMILES string of the molecule is N#CCc1ccc(NC(=O)c2cccc(NC(=O)C3CC3)c2)cc1. The molecule has 2 N–H and O–H groups in total. The van der Waals surface area contributed by atoms with Gasteiger partial charge in [-0.05, 0) is 48.7 Å². The first-order valence-corrected chi connectivity index (χ1v) is 7.84. The number of benzene rings is 2. The second kappa shape index (κ2) is 6.97. The average molecular weight is 319 g/mol. The van der Waals surface area contributed by atoms with E-state index in [1.165, 1.54) is 0 Å². The Morgan fingerprint density at radius 2 is 1.79 bits per heavy atom. The lowest BCUT2D eigenvalue weighted by molar-refractivity contribution is -0.117. The number of rotatable bonds is 5. The van der Waals surface area contributed by atoms with Gasteiger partial charge in [-0.25, -0.2) is 0 Å². The van der Waals surface area contributed by atoms with Crippen LogP contribution in [0.15, 0.2) is 48.5 Å². The topological polar surface area (TPSA) is 82.0 Å². The number of amides is 2. The van der Waals surface area contributed by atoms with E-state index in [-0.39, 0.29) is 17.7 Å². The molecule has 0 unspecified atom stereocenters. The lowest BCUT2D eigenvalue weighted by Gasteiger charge is -2.08. The van der Waals surface area contributed by atoms with Crippen LogP contribution in [0.25, 0.3) is 0 Å². The molecule has 0 spiro atoms. The third-order valence-electron chi connectivity index (χ3n) is 3.84. The maximum absolute atomic E-state index is 12.3. The molecular weight excluding hydrogens is 302 g/mol. The minimum atomic E-state index is -0.245. The van der Waals surface area contributed by atoms with Gasteiger partial charge in [0.05, 0.1) is 12.5 Å². The summed E-state index contributed by atoms with van der Waals surface area (Å²) in [4.78, 5) is 24.1. The quantitative estimate of drug-likeness (QED) is 0.886. The van der Waals surface area contributed by atoms with Crippen LogP contribution in [-0.4, -0.2) is 11.8 Å². The van der Waals surface area contributed by atoms with Crippen LogP contribution in [-0.2, 0) is 11.2 Å². The minimum Gasteiger partial charge on any atom is -0.326 e. The van der Waals surface area contributed by atoms with Crippen molar-refractivity contribution in [3.63, 3.8) is 0 Å². The molecule has 0 heterocycles. The third-order valence-corrected chi connectivity index (χ3v) is 3.84. The zero-order valence-corrected chi connectivity index (χ0v) is 13.1. The fourth-order valence-electron chi connectivity index (χ4n) is 2.33. The van der Waals surface area contributed by atoms with Crippen molar-refractivity contribution >= 4 is 23.2 Å². The van der Waals surface area contributed by atoms with Crippen LogP contribution in [0.5, 0.6) is 0 Å². The van der Waals surface area contributed by atoms with Crippen molar-refractivity contribution in [3.8, 4) is 6.07 Å². The highest BCUT2D eigenvalue weighted by molar-refractivity contribution is 6.05. The van der Waals surface area contributed by atoms with Gasteiger partial charge in [-0.3, -0.25) is 9.59 Å². The van der Waals surface area contributed by atoms with Crippen molar-refractivity contribution in [1.82, 2.24) is 0 Å². The molecule has 1 aliphatic rings. The van der Waals surface area contributed by atoms with Crippen molar-refractivity contribution < 1.29 is 9.59 Å². The highest BCUT2D eigenvalue weighted by Crippen LogP contribution is 2.30. The Morgan fingerprint density at radius 1 is 1.04 bits per heavy atom. The van der Waals surface area contributed by atoms with E-state index in [0.29, 0.717) is 23.4 Å². The second-order valence-electron chi connectivity index (χ2n) is 5.83. The second-order valence-corrected chi connectivity index (χ2v) is 5.83. The maximum atomic E-state index is 12.3. The summed E-state index contributed by atoms with van der Waals surface area (Å²) in [6.45, 7) is 0. The highest BCUT2D eigenvalue weighted by atomic mass is 16.2. The number of carbonyl (C=O) groups excluding carboxylic acids is 2. The third kappa shape index (κ3) is 3.99. The molecule has 3 rings (SSSR count). The summed E-state index contributed by atoms with van der Waals surface area (Å²) in [6, 6.07) is 16.1. The molecule has 1 saturated carbocycles. The lowest BCUT2D eigenvalue weighted by atomic mass is 10.1. The van der Waals surface area contributed by atoms with Crippen molar-refractivity contribution in [3.05, 3.63) is 59.7 Å². The first-order chi connectivity index (χ1) is 11.7. The number of hydrogen-bond donors (Lipinski definition) is 2. The van der Waals surface area contributed by atoms with E-state index < -0.39 is 0 Å². The summed E-state index contributed by atoms with van der Waals surface area (Å²) in [5, 5.41) is 14.3. The molecule has 120 valence electrons. The average Bonchev–Trinajstić information content (AvgIpc) is 3.42. The van der Waals surface area contributed by atoms with Crippen molar-refractivity contribution in [1.29, 1.82) is 5.26 Å². The smallest absolute Gasteiger partial charge is 0.255 e. The van der Waals surface area contributed by atoms with Gasteiger partial charge in [0, 0.05) is 22.9 Å². The molecular formula is C19H17N3O2. The Bertz CT molecular complexity index is 802. The van der Waals surface area contributed by atoms with Gasteiger partial charge >= 0.3 is 0 Å². The Kier molecular flexibility index (Phi) is 4.57. The first-order valence-electron chi connectivity index (χ1n) is 7.84. The van der Waals surface area contributed by atoms with E-state index in [0.717, 1.165) is 18.4 Å². The van der Waals surface area contributed by atoms with Crippen molar-refractivity contribution in [2.24, 2.45) is 5.92 Å². The van der Waals surface area contributed by atoms with E-state index in [4.69, 9.17) is 5.26 Å². The van der Waals surface area contributed by atoms with Crippen LogP contribution >= 0.6 is 0 Å².